The molecule has 3 rings (SSSR count). The summed E-state index contributed by atoms with van der Waals surface area (Å²) in [5.74, 6) is 0.0763. The third kappa shape index (κ3) is 5.41. The van der Waals surface area contributed by atoms with E-state index in [4.69, 9.17) is 5.41 Å². The van der Waals surface area contributed by atoms with Gasteiger partial charge in [-0.15, -0.1) is 0 Å². The average molecular weight is 455 g/mol. The van der Waals surface area contributed by atoms with Crippen LogP contribution in [0.1, 0.15) is 56.7 Å². The van der Waals surface area contributed by atoms with E-state index in [0.717, 1.165) is 24.1 Å². The van der Waals surface area contributed by atoms with Gasteiger partial charge in [0.05, 0.1) is 5.57 Å². The molecule has 0 spiro atoms. The SMILES string of the molecule is CCc1ccc(C)c(C2C=C3C(=CC2CC)NC(=O)/C3=C(/C)NC(=N)/C=C(/C)NC(F)F)c1. The smallest absolute Gasteiger partial charge is 0.312 e. The van der Waals surface area contributed by atoms with Gasteiger partial charge >= 0.3 is 6.55 Å². The molecule has 0 radical (unpaired) electrons. The second-order valence-corrected chi connectivity index (χ2v) is 8.57. The molecule has 5 nitrogen and oxygen atoms in total. The Kier molecular flexibility index (Phi) is 7.51. The predicted octanol–water partition coefficient (Wildman–Crippen LogP) is 5.18. The number of rotatable bonds is 7. The van der Waals surface area contributed by atoms with Crippen LogP contribution in [0.3, 0.4) is 0 Å². The Balaban J connectivity index is 1.98. The number of amides is 1. The maximum atomic E-state index is 12.8. The fraction of sp³-hybridized carbons (Fsp3) is 0.385. The van der Waals surface area contributed by atoms with Gasteiger partial charge in [-0.25, -0.2) is 0 Å². The van der Waals surface area contributed by atoms with Crippen LogP contribution in [0.2, 0.25) is 0 Å². The maximum Gasteiger partial charge on any atom is 0.312 e. The van der Waals surface area contributed by atoms with E-state index in [2.05, 4.69) is 61.8 Å². The third-order valence-electron chi connectivity index (χ3n) is 6.20. The number of halogens is 2. The molecule has 2 unspecified atom stereocenters. The molecule has 0 saturated carbocycles. The lowest BCUT2D eigenvalue weighted by atomic mass is 9.76. The van der Waals surface area contributed by atoms with Crippen LogP contribution < -0.4 is 16.0 Å². The summed E-state index contributed by atoms with van der Waals surface area (Å²) in [4.78, 5) is 12.8. The van der Waals surface area contributed by atoms with Crippen molar-refractivity contribution in [2.75, 3.05) is 0 Å². The first-order valence-corrected chi connectivity index (χ1v) is 11.3. The van der Waals surface area contributed by atoms with Crippen molar-refractivity contribution in [2.45, 2.75) is 59.9 Å². The second-order valence-electron chi connectivity index (χ2n) is 8.57. The van der Waals surface area contributed by atoms with Gasteiger partial charge in [-0.05, 0) is 62.3 Å². The Morgan fingerprint density at radius 2 is 1.97 bits per heavy atom. The standard InChI is InChI=1S/C26H32F2N4O/c1-6-17-9-8-14(3)19(11-17)20-13-21-22(12-18(20)7-2)32-25(33)24(21)16(5)31-23(29)10-15(4)30-26(27)28/h8-13,18,20,26,30H,6-7H2,1-5H3,(H2,29,31)(H,32,33)/b15-10-,24-16-. The Morgan fingerprint density at radius 1 is 1.24 bits per heavy atom. The molecule has 1 aromatic rings. The molecule has 0 bridgehead atoms. The number of carbonyl (C=O) groups excluding carboxylic acids is 1. The highest BCUT2D eigenvalue weighted by Crippen LogP contribution is 2.42. The van der Waals surface area contributed by atoms with Crippen molar-refractivity contribution >= 4 is 11.7 Å². The minimum atomic E-state index is -2.70. The molecule has 0 aromatic heterocycles. The highest BCUT2D eigenvalue weighted by atomic mass is 19.3. The maximum absolute atomic E-state index is 12.8. The fourth-order valence-electron chi connectivity index (χ4n) is 4.50. The normalized spacial score (nSPS) is 21.8. The zero-order chi connectivity index (χ0) is 24.3. The number of hydrogen-bond acceptors (Lipinski definition) is 3. The minimum absolute atomic E-state index is 0.0817. The van der Waals surface area contributed by atoms with Crippen LogP contribution in [0.15, 0.2) is 64.7 Å². The molecule has 2 atom stereocenters. The Morgan fingerprint density at radius 3 is 2.61 bits per heavy atom. The zero-order valence-corrected chi connectivity index (χ0v) is 19.8. The number of nitrogens with one attached hydrogen (secondary N) is 4. The van der Waals surface area contributed by atoms with Gasteiger partial charge in [0.15, 0.2) is 0 Å². The van der Waals surface area contributed by atoms with Gasteiger partial charge in [-0.1, -0.05) is 44.2 Å². The van der Waals surface area contributed by atoms with Crippen LogP contribution >= 0.6 is 0 Å². The fourth-order valence-corrected chi connectivity index (χ4v) is 4.50. The van der Waals surface area contributed by atoms with E-state index in [1.807, 2.05) is 5.32 Å². The van der Waals surface area contributed by atoms with E-state index in [1.54, 1.807) is 6.92 Å². The summed E-state index contributed by atoms with van der Waals surface area (Å²) in [5, 5.41) is 15.9. The molecular formula is C26H32F2N4O. The summed E-state index contributed by atoms with van der Waals surface area (Å²) in [7, 11) is 0. The number of carbonyl (C=O) groups is 1. The number of amidine groups is 1. The largest absolute Gasteiger partial charge is 0.344 e. The molecule has 1 amide bonds. The summed E-state index contributed by atoms with van der Waals surface area (Å²) in [6, 6.07) is 6.57. The topological polar surface area (TPSA) is 77.0 Å². The summed E-state index contributed by atoms with van der Waals surface area (Å²) < 4.78 is 25.0. The Labute approximate surface area is 194 Å². The number of allylic oxidation sites excluding steroid dienone is 5. The number of fused-ring (bicyclic) bond motifs is 1. The van der Waals surface area contributed by atoms with Crippen LogP contribution in [0.5, 0.6) is 0 Å². The summed E-state index contributed by atoms with van der Waals surface area (Å²) in [6.45, 7) is 6.88. The van der Waals surface area contributed by atoms with Crippen molar-refractivity contribution < 1.29 is 13.6 Å². The van der Waals surface area contributed by atoms with E-state index in [0.29, 0.717) is 11.3 Å². The molecule has 2 aliphatic rings. The van der Waals surface area contributed by atoms with Crippen molar-refractivity contribution in [3.63, 3.8) is 0 Å². The zero-order valence-electron chi connectivity index (χ0n) is 19.8. The van der Waals surface area contributed by atoms with Gasteiger partial charge in [-0.3, -0.25) is 10.2 Å². The van der Waals surface area contributed by atoms with Gasteiger partial charge in [0.2, 0.25) is 0 Å². The van der Waals surface area contributed by atoms with Crippen LogP contribution in [-0.4, -0.2) is 18.3 Å². The Hall–Kier alpha value is -3.22. The van der Waals surface area contributed by atoms with Crippen LogP contribution in [-0.2, 0) is 11.2 Å². The van der Waals surface area contributed by atoms with Gasteiger partial charge in [0.25, 0.3) is 5.91 Å². The van der Waals surface area contributed by atoms with Crippen molar-refractivity contribution in [1.29, 1.82) is 5.41 Å². The number of benzene rings is 1. The average Bonchev–Trinajstić information content (AvgIpc) is 3.06. The van der Waals surface area contributed by atoms with Crippen molar-refractivity contribution in [1.82, 2.24) is 16.0 Å². The number of aryl methyl sites for hydroxylation is 2. The molecule has 1 saturated heterocycles. The van der Waals surface area contributed by atoms with E-state index < -0.39 is 6.55 Å². The van der Waals surface area contributed by atoms with Crippen molar-refractivity contribution in [2.24, 2.45) is 5.92 Å². The van der Waals surface area contributed by atoms with Gasteiger partial charge in [0.1, 0.15) is 5.84 Å². The first-order chi connectivity index (χ1) is 15.6. The highest BCUT2D eigenvalue weighted by molar-refractivity contribution is 6.06. The molecule has 1 aliphatic heterocycles. The van der Waals surface area contributed by atoms with Gasteiger partial charge in [0, 0.05) is 28.6 Å². The number of alkyl halides is 2. The lowest BCUT2D eigenvalue weighted by Gasteiger charge is -2.28. The van der Waals surface area contributed by atoms with E-state index in [9.17, 15) is 13.6 Å². The molecule has 4 N–H and O–H groups in total. The van der Waals surface area contributed by atoms with Crippen LogP contribution in [0, 0.1) is 18.3 Å². The van der Waals surface area contributed by atoms with Crippen molar-refractivity contribution in [3.8, 4) is 0 Å². The molecule has 33 heavy (non-hydrogen) atoms. The van der Waals surface area contributed by atoms with Crippen molar-refractivity contribution in [3.05, 3.63) is 81.4 Å². The van der Waals surface area contributed by atoms with E-state index >= 15 is 0 Å². The monoisotopic (exact) mass is 454 g/mol. The minimum Gasteiger partial charge on any atom is -0.344 e. The lowest BCUT2D eigenvalue weighted by Crippen LogP contribution is -2.25. The molecule has 1 aromatic carbocycles. The lowest BCUT2D eigenvalue weighted by molar-refractivity contribution is -0.115. The first kappa shape index (κ1) is 24.4. The van der Waals surface area contributed by atoms with Crippen LogP contribution in [0.4, 0.5) is 8.78 Å². The highest BCUT2D eigenvalue weighted by Gasteiger charge is 2.35. The molecule has 1 fully saturated rings. The van der Waals surface area contributed by atoms with Crippen LogP contribution in [0.25, 0.3) is 0 Å². The summed E-state index contributed by atoms with van der Waals surface area (Å²) in [6.07, 6.45) is 7.46. The summed E-state index contributed by atoms with van der Waals surface area (Å²) in [5.41, 5.74) is 6.50. The van der Waals surface area contributed by atoms with Gasteiger partial charge in [-0.2, -0.15) is 8.78 Å². The third-order valence-corrected chi connectivity index (χ3v) is 6.20. The molecule has 176 valence electrons. The summed E-state index contributed by atoms with van der Waals surface area (Å²) >= 11 is 0. The number of hydrogen-bond donors (Lipinski definition) is 4. The Bertz CT molecular complexity index is 1080. The van der Waals surface area contributed by atoms with E-state index in [1.165, 1.54) is 29.7 Å². The quantitative estimate of drug-likeness (QED) is 0.199. The second kappa shape index (κ2) is 10.1. The van der Waals surface area contributed by atoms with Gasteiger partial charge < -0.3 is 16.0 Å². The predicted molar refractivity (Wildman–Crippen MR) is 128 cm³/mol. The van der Waals surface area contributed by atoms with E-state index in [-0.39, 0.29) is 29.3 Å². The molecule has 1 heterocycles. The molecule has 1 aliphatic carbocycles. The molecule has 7 heteroatoms. The first-order valence-electron chi connectivity index (χ1n) is 11.3. The molecular weight excluding hydrogens is 422 g/mol.